The first-order chi connectivity index (χ1) is 10.3. The summed E-state index contributed by atoms with van der Waals surface area (Å²) in [6.07, 6.45) is 3.88. The quantitative estimate of drug-likeness (QED) is 0.529. The van der Waals surface area contributed by atoms with E-state index in [9.17, 15) is 4.79 Å². The molecule has 1 aromatic heterocycles. The number of carbonyl (C=O) groups excluding carboxylic acids is 1. The van der Waals surface area contributed by atoms with Gasteiger partial charge in [-0.1, -0.05) is 42.1 Å². The number of thioether (sulfide) groups is 1. The highest BCUT2D eigenvalue weighted by molar-refractivity contribution is 8.04. The molecule has 3 nitrogen and oxygen atoms in total. The van der Waals surface area contributed by atoms with Crippen LogP contribution in [0, 0.1) is 0 Å². The van der Waals surface area contributed by atoms with Crippen molar-refractivity contribution >= 4 is 48.7 Å². The lowest BCUT2D eigenvalue weighted by molar-refractivity contribution is -0.112. The van der Waals surface area contributed by atoms with Crippen molar-refractivity contribution in [3.8, 4) is 0 Å². The molecular formula is C17H12BN2OS. The minimum atomic E-state index is -0.0519. The molecule has 1 aliphatic rings. The molecule has 2 N–H and O–H groups in total. The van der Waals surface area contributed by atoms with Gasteiger partial charge >= 0.3 is 0 Å². The average Bonchev–Trinajstić information content (AvgIpc) is 2.91. The summed E-state index contributed by atoms with van der Waals surface area (Å²) in [6, 6.07) is 15.9. The molecular weight excluding hydrogens is 291 g/mol. The van der Waals surface area contributed by atoms with Crippen LogP contribution in [0.3, 0.4) is 0 Å². The highest BCUT2D eigenvalue weighted by Crippen LogP contribution is 2.39. The summed E-state index contributed by atoms with van der Waals surface area (Å²) in [5.41, 5.74) is 2.98. The average molecular weight is 303 g/mol. The van der Waals surface area contributed by atoms with Crippen LogP contribution in [-0.2, 0) is 4.79 Å². The lowest BCUT2D eigenvalue weighted by Crippen LogP contribution is -2.16. The van der Waals surface area contributed by atoms with Gasteiger partial charge in [-0.2, -0.15) is 0 Å². The molecule has 0 saturated carbocycles. The van der Waals surface area contributed by atoms with Crippen LogP contribution in [0.15, 0.2) is 64.5 Å². The zero-order valence-electron chi connectivity index (χ0n) is 11.7. The molecule has 0 spiro atoms. The Morgan fingerprint density at radius 3 is 2.68 bits per heavy atom. The van der Waals surface area contributed by atoms with Crippen molar-refractivity contribution in [2.45, 2.75) is 4.90 Å². The van der Waals surface area contributed by atoms with Crippen LogP contribution in [0.5, 0.6) is 0 Å². The van der Waals surface area contributed by atoms with E-state index in [1.165, 1.54) is 11.8 Å². The van der Waals surface area contributed by atoms with E-state index in [0.717, 1.165) is 27.0 Å². The van der Waals surface area contributed by atoms with Gasteiger partial charge in [0, 0.05) is 36.0 Å². The predicted molar refractivity (Wildman–Crippen MR) is 93.0 cm³/mol. The molecule has 0 atom stereocenters. The number of carbonyl (C=O) groups is 1. The molecule has 0 fully saturated rings. The molecule has 0 saturated heterocycles. The fourth-order valence-corrected chi connectivity index (χ4v) is 3.40. The molecule has 3 radical (unpaired) electrons. The Bertz CT molecular complexity index is 885. The summed E-state index contributed by atoms with van der Waals surface area (Å²) in [6.45, 7) is 0. The Hall–Kier alpha value is -2.40. The van der Waals surface area contributed by atoms with Crippen LogP contribution < -0.4 is 5.32 Å². The first kappa shape index (κ1) is 14.5. The molecule has 22 heavy (non-hydrogen) atoms. The van der Waals surface area contributed by atoms with Crippen molar-refractivity contribution in [1.82, 2.24) is 4.98 Å². The van der Waals surface area contributed by atoms with Crippen molar-refractivity contribution in [1.29, 1.82) is 0 Å². The maximum Gasteiger partial charge on any atom is 0.262 e. The van der Waals surface area contributed by atoms with E-state index in [-0.39, 0.29) is 14.3 Å². The summed E-state index contributed by atoms with van der Waals surface area (Å²) in [5.74, 6) is -0.0519. The second-order valence-corrected chi connectivity index (χ2v) is 5.93. The van der Waals surface area contributed by atoms with Gasteiger partial charge in [-0.3, -0.25) is 4.79 Å². The number of nitrogens with one attached hydrogen (secondary N) is 2. The van der Waals surface area contributed by atoms with Gasteiger partial charge in [0.1, 0.15) is 0 Å². The van der Waals surface area contributed by atoms with Crippen molar-refractivity contribution in [2.24, 2.45) is 0 Å². The van der Waals surface area contributed by atoms with Crippen LogP contribution in [0.4, 0.5) is 5.69 Å². The molecule has 1 aliphatic heterocycles. The Morgan fingerprint density at radius 2 is 1.77 bits per heavy atom. The SMILES string of the molecule is O=C1Nc2ccccc2SC1=Cc1c[nH]c2ccccc12.[B]. The van der Waals surface area contributed by atoms with Crippen LogP contribution in [0.25, 0.3) is 17.0 Å². The predicted octanol–water partition coefficient (Wildman–Crippen LogP) is 3.87. The number of H-pyrrole nitrogens is 1. The molecule has 0 unspecified atom stereocenters. The highest BCUT2D eigenvalue weighted by Gasteiger charge is 2.20. The van der Waals surface area contributed by atoms with Crippen molar-refractivity contribution in [3.63, 3.8) is 0 Å². The summed E-state index contributed by atoms with van der Waals surface area (Å²) in [4.78, 5) is 17.2. The first-order valence-electron chi connectivity index (χ1n) is 6.67. The second-order valence-electron chi connectivity index (χ2n) is 4.85. The number of benzene rings is 2. The van der Waals surface area contributed by atoms with E-state index in [0.29, 0.717) is 4.91 Å². The third-order valence-electron chi connectivity index (χ3n) is 3.49. The van der Waals surface area contributed by atoms with Crippen molar-refractivity contribution in [2.75, 3.05) is 5.32 Å². The molecule has 3 aromatic rings. The van der Waals surface area contributed by atoms with Gasteiger partial charge in [-0.25, -0.2) is 0 Å². The number of para-hydroxylation sites is 2. The number of aromatic nitrogens is 1. The molecule has 2 heterocycles. The zero-order chi connectivity index (χ0) is 14.2. The van der Waals surface area contributed by atoms with Gasteiger partial charge in [0.2, 0.25) is 0 Å². The van der Waals surface area contributed by atoms with E-state index in [1.807, 2.05) is 54.7 Å². The second kappa shape index (κ2) is 5.77. The molecule has 0 bridgehead atoms. The first-order valence-corrected chi connectivity index (χ1v) is 7.49. The summed E-state index contributed by atoms with van der Waals surface area (Å²) in [5, 5.41) is 4.05. The van der Waals surface area contributed by atoms with Gasteiger partial charge < -0.3 is 10.3 Å². The number of fused-ring (bicyclic) bond motifs is 2. The van der Waals surface area contributed by atoms with E-state index >= 15 is 0 Å². The van der Waals surface area contributed by atoms with E-state index < -0.39 is 0 Å². The Labute approximate surface area is 134 Å². The summed E-state index contributed by atoms with van der Waals surface area (Å²) >= 11 is 1.51. The number of anilines is 1. The molecule has 1 amide bonds. The Morgan fingerprint density at radius 1 is 1.00 bits per heavy atom. The maximum atomic E-state index is 12.2. The van der Waals surface area contributed by atoms with Gasteiger partial charge in [0.25, 0.3) is 5.91 Å². The van der Waals surface area contributed by atoms with Gasteiger partial charge in [-0.15, -0.1) is 0 Å². The van der Waals surface area contributed by atoms with Gasteiger partial charge in [0.15, 0.2) is 0 Å². The number of hydrogen-bond donors (Lipinski definition) is 2. The number of amides is 1. The van der Waals surface area contributed by atoms with Crippen LogP contribution in [0.2, 0.25) is 0 Å². The minimum absolute atomic E-state index is 0. The third kappa shape index (κ3) is 2.44. The lowest BCUT2D eigenvalue weighted by atomic mass is 10.1. The highest BCUT2D eigenvalue weighted by atomic mass is 32.2. The fourth-order valence-electron chi connectivity index (χ4n) is 2.46. The van der Waals surface area contributed by atoms with Gasteiger partial charge in [-0.05, 0) is 24.3 Å². The summed E-state index contributed by atoms with van der Waals surface area (Å²) < 4.78 is 0. The van der Waals surface area contributed by atoms with E-state index in [4.69, 9.17) is 0 Å². The maximum absolute atomic E-state index is 12.2. The van der Waals surface area contributed by atoms with Crippen LogP contribution in [0.1, 0.15) is 5.56 Å². The lowest BCUT2D eigenvalue weighted by Gasteiger charge is -2.18. The standard InChI is InChI=1S/C17H12N2OS.B/c20-17-16(21-15-8-4-3-7-14(15)19-17)9-11-10-18-13-6-2-1-5-12(11)13;/h1-10,18H,(H,19,20);. The number of aromatic amines is 1. The molecule has 2 aromatic carbocycles. The number of hydrogen-bond acceptors (Lipinski definition) is 2. The van der Waals surface area contributed by atoms with Gasteiger partial charge in [0.05, 0.1) is 10.6 Å². The fraction of sp³-hybridized carbons (Fsp3) is 0. The monoisotopic (exact) mass is 303 g/mol. The zero-order valence-corrected chi connectivity index (χ0v) is 12.5. The van der Waals surface area contributed by atoms with E-state index in [2.05, 4.69) is 16.4 Å². The Kier molecular flexibility index (Phi) is 3.81. The molecule has 0 aliphatic carbocycles. The summed E-state index contributed by atoms with van der Waals surface area (Å²) in [7, 11) is 0. The third-order valence-corrected chi connectivity index (χ3v) is 4.59. The largest absolute Gasteiger partial charge is 0.361 e. The molecule has 105 valence electrons. The number of rotatable bonds is 1. The topological polar surface area (TPSA) is 44.9 Å². The molecule has 4 rings (SSSR count). The molecule has 5 heteroatoms. The van der Waals surface area contributed by atoms with Crippen molar-refractivity contribution < 1.29 is 4.79 Å². The van der Waals surface area contributed by atoms with Crippen molar-refractivity contribution in [3.05, 3.63) is 65.2 Å². The van der Waals surface area contributed by atoms with Crippen LogP contribution in [-0.4, -0.2) is 19.3 Å². The minimum Gasteiger partial charge on any atom is -0.361 e. The Balaban J connectivity index is 0.00000144. The smallest absolute Gasteiger partial charge is 0.262 e. The van der Waals surface area contributed by atoms with E-state index in [1.54, 1.807) is 0 Å². The normalized spacial score (nSPS) is 15.3. The van der Waals surface area contributed by atoms with Crippen LogP contribution >= 0.6 is 11.8 Å².